The fourth-order valence-corrected chi connectivity index (χ4v) is 2.67. The number of carbonyl (C=O) groups is 2. The molecule has 0 saturated carbocycles. The normalized spacial score (nSPS) is 15.6. The lowest BCUT2D eigenvalue weighted by Crippen LogP contribution is -2.41. The average Bonchev–Trinajstić information content (AvgIpc) is 2.55. The molecular weight excluding hydrogens is 283 g/mol. The van der Waals surface area contributed by atoms with E-state index in [1.165, 1.54) is 6.07 Å². The summed E-state index contributed by atoms with van der Waals surface area (Å²) in [6.45, 7) is 3.28. The second kappa shape index (κ2) is 7.92. The number of anilines is 1. The van der Waals surface area contributed by atoms with Gasteiger partial charge >= 0.3 is 0 Å². The first-order valence-electron chi connectivity index (χ1n) is 7.95. The molecule has 1 heterocycles. The maximum atomic E-state index is 13.5. The zero-order chi connectivity index (χ0) is 15.9. The minimum Gasteiger partial charge on any atom is -0.343 e. The van der Waals surface area contributed by atoms with Gasteiger partial charge in [0.2, 0.25) is 11.8 Å². The van der Waals surface area contributed by atoms with E-state index in [1.54, 1.807) is 18.2 Å². The molecule has 4 nitrogen and oxygen atoms in total. The molecule has 0 unspecified atom stereocenters. The first-order chi connectivity index (χ1) is 10.6. The monoisotopic (exact) mass is 306 g/mol. The van der Waals surface area contributed by atoms with Gasteiger partial charge in [-0.05, 0) is 31.4 Å². The Hall–Kier alpha value is -1.91. The lowest BCUT2D eigenvalue weighted by molar-refractivity contribution is -0.134. The van der Waals surface area contributed by atoms with E-state index in [4.69, 9.17) is 0 Å². The molecule has 22 heavy (non-hydrogen) atoms. The fourth-order valence-electron chi connectivity index (χ4n) is 2.67. The summed E-state index contributed by atoms with van der Waals surface area (Å²) in [5, 5.41) is 2.64. The van der Waals surface area contributed by atoms with Crippen molar-refractivity contribution in [3.8, 4) is 0 Å². The first kappa shape index (κ1) is 16.5. The third kappa shape index (κ3) is 4.29. The maximum Gasteiger partial charge on any atom is 0.227 e. The summed E-state index contributed by atoms with van der Waals surface area (Å²) in [5.41, 5.74) is 0.217. The number of para-hydroxylation sites is 1. The molecule has 0 bridgehead atoms. The van der Waals surface area contributed by atoms with Crippen molar-refractivity contribution in [3.63, 3.8) is 0 Å². The quantitative estimate of drug-likeness (QED) is 0.908. The average molecular weight is 306 g/mol. The summed E-state index contributed by atoms with van der Waals surface area (Å²) in [7, 11) is 0. The van der Waals surface area contributed by atoms with E-state index in [0.29, 0.717) is 32.4 Å². The predicted molar refractivity (Wildman–Crippen MR) is 83.9 cm³/mol. The zero-order valence-electron chi connectivity index (χ0n) is 13.0. The van der Waals surface area contributed by atoms with Crippen LogP contribution < -0.4 is 5.32 Å². The Morgan fingerprint density at radius 2 is 1.95 bits per heavy atom. The Labute approximate surface area is 130 Å². The van der Waals surface area contributed by atoms with Gasteiger partial charge in [-0.15, -0.1) is 0 Å². The molecule has 0 aromatic heterocycles. The Kier molecular flexibility index (Phi) is 5.92. The second-order valence-corrected chi connectivity index (χ2v) is 5.73. The maximum absolute atomic E-state index is 13.5. The number of rotatable bonds is 5. The predicted octanol–water partition coefficient (Wildman–Crippen LogP) is 3.19. The van der Waals surface area contributed by atoms with Crippen LogP contribution in [0.2, 0.25) is 0 Å². The van der Waals surface area contributed by atoms with Crippen LogP contribution in [0.5, 0.6) is 0 Å². The number of halogens is 1. The summed E-state index contributed by atoms with van der Waals surface area (Å²) in [6.07, 6.45) is 3.78. The number of amides is 2. The lowest BCUT2D eigenvalue weighted by atomic mass is 9.95. The van der Waals surface area contributed by atoms with Gasteiger partial charge in [0.1, 0.15) is 5.82 Å². The SMILES string of the molecule is CCCCC(=O)N1CCC(C(=O)Nc2ccccc2F)CC1. The van der Waals surface area contributed by atoms with Gasteiger partial charge in [-0.1, -0.05) is 25.5 Å². The summed E-state index contributed by atoms with van der Waals surface area (Å²) in [6, 6.07) is 6.15. The molecular formula is C17H23FN2O2. The second-order valence-electron chi connectivity index (χ2n) is 5.73. The molecule has 0 spiro atoms. The number of hydrogen-bond acceptors (Lipinski definition) is 2. The van der Waals surface area contributed by atoms with Crippen LogP contribution in [0.4, 0.5) is 10.1 Å². The largest absolute Gasteiger partial charge is 0.343 e. The summed E-state index contributed by atoms with van der Waals surface area (Å²) >= 11 is 0. The van der Waals surface area contributed by atoms with Gasteiger partial charge in [0, 0.05) is 25.4 Å². The van der Waals surface area contributed by atoms with Crippen LogP contribution in [-0.4, -0.2) is 29.8 Å². The van der Waals surface area contributed by atoms with Crippen LogP contribution in [0, 0.1) is 11.7 Å². The molecule has 1 aromatic carbocycles. The van der Waals surface area contributed by atoms with Crippen LogP contribution in [0.25, 0.3) is 0 Å². The molecule has 0 atom stereocenters. The van der Waals surface area contributed by atoms with Crippen LogP contribution in [0.1, 0.15) is 39.0 Å². The number of benzene rings is 1. The van der Waals surface area contributed by atoms with Crippen LogP contribution in [-0.2, 0) is 9.59 Å². The van der Waals surface area contributed by atoms with Gasteiger partial charge in [-0.25, -0.2) is 4.39 Å². The molecule has 5 heteroatoms. The molecule has 2 amide bonds. The van der Waals surface area contributed by atoms with Crippen molar-refractivity contribution in [2.45, 2.75) is 39.0 Å². The highest BCUT2D eigenvalue weighted by atomic mass is 19.1. The fraction of sp³-hybridized carbons (Fsp3) is 0.529. The van der Waals surface area contributed by atoms with Gasteiger partial charge in [0.05, 0.1) is 5.69 Å². The van der Waals surface area contributed by atoms with Crippen molar-refractivity contribution in [1.82, 2.24) is 4.90 Å². The number of piperidine rings is 1. The van der Waals surface area contributed by atoms with E-state index in [9.17, 15) is 14.0 Å². The van der Waals surface area contributed by atoms with Crippen molar-refractivity contribution in [2.24, 2.45) is 5.92 Å². The highest BCUT2D eigenvalue weighted by Gasteiger charge is 2.27. The zero-order valence-corrected chi connectivity index (χ0v) is 13.0. The molecule has 1 aliphatic heterocycles. The summed E-state index contributed by atoms with van der Waals surface area (Å²) < 4.78 is 13.5. The number of likely N-dealkylation sites (tertiary alicyclic amines) is 1. The van der Waals surface area contributed by atoms with Crippen LogP contribution >= 0.6 is 0 Å². The minimum atomic E-state index is -0.428. The van der Waals surface area contributed by atoms with E-state index < -0.39 is 5.82 Å². The molecule has 2 rings (SSSR count). The van der Waals surface area contributed by atoms with Gasteiger partial charge < -0.3 is 10.2 Å². The Balaban J connectivity index is 1.82. The molecule has 1 aromatic rings. The number of unbranched alkanes of at least 4 members (excludes halogenated alkanes) is 1. The third-order valence-corrected chi connectivity index (χ3v) is 4.09. The highest BCUT2D eigenvalue weighted by Crippen LogP contribution is 2.21. The standard InChI is InChI=1S/C17H23FN2O2/c1-2-3-8-16(21)20-11-9-13(10-12-20)17(22)19-15-7-5-4-6-14(15)18/h4-7,13H,2-3,8-12H2,1H3,(H,19,22). The minimum absolute atomic E-state index is 0.158. The molecule has 0 aliphatic carbocycles. The molecule has 1 aliphatic rings. The van der Waals surface area contributed by atoms with Crippen molar-refractivity contribution in [3.05, 3.63) is 30.1 Å². The Morgan fingerprint density at radius 1 is 1.27 bits per heavy atom. The summed E-state index contributed by atoms with van der Waals surface area (Å²) in [4.78, 5) is 26.0. The molecule has 1 N–H and O–H groups in total. The van der Waals surface area contributed by atoms with E-state index in [2.05, 4.69) is 12.2 Å². The van der Waals surface area contributed by atoms with Gasteiger partial charge in [-0.2, -0.15) is 0 Å². The van der Waals surface area contributed by atoms with Crippen molar-refractivity contribution in [2.75, 3.05) is 18.4 Å². The third-order valence-electron chi connectivity index (χ3n) is 4.09. The van der Waals surface area contributed by atoms with Crippen molar-refractivity contribution in [1.29, 1.82) is 0 Å². The van der Waals surface area contributed by atoms with Crippen molar-refractivity contribution >= 4 is 17.5 Å². The Bertz CT molecular complexity index is 525. The van der Waals surface area contributed by atoms with E-state index in [1.807, 2.05) is 4.90 Å². The molecule has 0 radical (unpaired) electrons. The smallest absolute Gasteiger partial charge is 0.227 e. The first-order valence-corrected chi connectivity index (χ1v) is 7.95. The topological polar surface area (TPSA) is 49.4 Å². The van der Waals surface area contributed by atoms with Crippen LogP contribution in [0.15, 0.2) is 24.3 Å². The highest BCUT2D eigenvalue weighted by molar-refractivity contribution is 5.92. The van der Waals surface area contributed by atoms with E-state index in [-0.39, 0.29) is 23.4 Å². The molecule has 120 valence electrons. The van der Waals surface area contributed by atoms with Gasteiger partial charge in [0.15, 0.2) is 0 Å². The molecule has 1 saturated heterocycles. The number of nitrogens with zero attached hydrogens (tertiary/aromatic N) is 1. The lowest BCUT2D eigenvalue weighted by Gasteiger charge is -2.31. The number of hydrogen-bond donors (Lipinski definition) is 1. The molecule has 1 fully saturated rings. The van der Waals surface area contributed by atoms with E-state index >= 15 is 0 Å². The van der Waals surface area contributed by atoms with Crippen molar-refractivity contribution < 1.29 is 14.0 Å². The van der Waals surface area contributed by atoms with Gasteiger partial charge in [0.25, 0.3) is 0 Å². The Morgan fingerprint density at radius 3 is 2.59 bits per heavy atom. The van der Waals surface area contributed by atoms with Gasteiger partial charge in [-0.3, -0.25) is 9.59 Å². The van der Waals surface area contributed by atoms with E-state index in [0.717, 1.165) is 12.8 Å². The number of carbonyl (C=O) groups excluding carboxylic acids is 2. The summed E-state index contributed by atoms with van der Waals surface area (Å²) in [5.74, 6) is -0.571. The number of nitrogens with one attached hydrogen (secondary N) is 1. The van der Waals surface area contributed by atoms with Crippen LogP contribution in [0.3, 0.4) is 0 Å².